The van der Waals surface area contributed by atoms with Gasteiger partial charge in [0.05, 0.1) is 31.0 Å². The third kappa shape index (κ3) is 4.18. The number of carboxylic acid groups (broad SMARTS) is 1. The molecule has 2 rings (SSSR count). The van der Waals surface area contributed by atoms with Gasteiger partial charge >= 0.3 is 12.0 Å². The molecule has 1 aliphatic heterocycles. The summed E-state index contributed by atoms with van der Waals surface area (Å²) in [5, 5.41) is 13.2. The van der Waals surface area contributed by atoms with Crippen LogP contribution in [0.1, 0.15) is 16.1 Å². The second kappa shape index (κ2) is 6.83. The fourth-order valence-corrected chi connectivity index (χ4v) is 1.74. The molecule has 1 fully saturated rings. The number of ether oxygens (including phenoxy) is 1. The van der Waals surface area contributed by atoms with Gasteiger partial charge in [0.1, 0.15) is 0 Å². The number of nitrogens with zero attached hydrogens (tertiary/aromatic N) is 2. The molecule has 1 saturated heterocycles. The van der Waals surface area contributed by atoms with Gasteiger partial charge in [-0.15, -0.1) is 0 Å². The van der Waals surface area contributed by atoms with E-state index in [1.54, 1.807) is 5.01 Å². The maximum atomic E-state index is 11.7. The van der Waals surface area contributed by atoms with E-state index in [9.17, 15) is 9.59 Å². The van der Waals surface area contributed by atoms with E-state index in [-0.39, 0.29) is 18.1 Å². The van der Waals surface area contributed by atoms with Crippen LogP contribution in [0.25, 0.3) is 0 Å². The van der Waals surface area contributed by atoms with Crippen LogP contribution in [0, 0.1) is 0 Å². The molecular formula is C12H16N4O4. The Morgan fingerprint density at radius 1 is 1.40 bits per heavy atom. The normalized spacial score (nSPS) is 15.6. The molecule has 0 atom stereocenters. The number of aromatic carboxylic acids is 1. The summed E-state index contributed by atoms with van der Waals surface area (Å²) in [7, 11) is 0. The summed E-state index contributed by atoms with van der Waals surface area (Å²) in [5.74, 6) is -1.02. The van der Waals surface area contributed by atoms with Crippen molar-refractivity contribution in [3.8, 4) is 0 Å². The Morgan fingerprint density at radius 3 is 2.85 bits per heavy atom. The lowest BCUT2D eigenvalue weighted by Crippen LogP contribution is -2.51. The topological polar surface area (TPSA) is 104 Å². The van der Waals surface area contributed by atoms with E-state index in [1.807, 2.05) is 0 Å². The Bertz CT molecular complexity index is 488. The first-order valence-electron chi connectivity index (χ1n) is 6.20. The second-order valence-electron chi connectivity index (χ2n) is 4.23. The van der Waals surface area contributed by atoms with E-state index in [2.05, 4.69) is 15.7 Å². The third-order valence-electron chi connectivity index (χ3n) is 2.76. The second-order valence-corrected chi connectivity index (χ2v) is 4.23. The SMILES string of the molecule is O=C(NCc1cc(C(=O)O)ccn1)NN1CCOCC1. The molecule has 1 aliphatic rings. The summed E-state index contributed by atoms with van der Waals surface area (Å²) in [6.45, 7) is 2.61. The molecule has 108 valence electrons. The maximum Gasteiger partial charge on any atom is 0.335 e. The highest BCUT2D eigenvalue weighted by Crippen LogP contribution is 2.01. The summed E-state index contributed by atoms with van der Waals surface area (Å²) < 4.78 is 5.17. The fourth-order valence-electron chi connectivity index (χ4n) is 1.74. The highest BCUT2D eigenvalue weighted by atomic mass is 16.5. The van der Waals surface area contributed by atoms with Crippen molar-refractivity contribution in [3.63, 3.8) is 0 Å². The minimum Gasteiger partial charge on any atom is -0.478 e. The number of carboxylic acids is 1. The number of carbonyl (C=O) groups excluding carboxylic acids is 1. The Balaban J connectivity index is 1.80. The Kier molecular flexibility index (Phi) is 4.85. The van der Waals surface area contributed by atoms with Crippen LogP contribution in [0.4, 0.5) is 4.79 Å². The fraction of sp³-hybridized carbons (Fsp3) is 0.417. The number of carbonyl (C=O) groups is 2. The molecule has 0 aliphatic carbocycles. The van der Waals surface area contributed by atoms with Gasteiger partial charge in [-0.2, -0.15) is 0 Å². The van der Waals surface area contributed by atoms with Crippen molar-refractivity contribution in [1.82, 2.24) is 20.7 Å². The Morgan fingerprint density at radius 2 is 2.15 bits per heavy atom. The van der Waals surface area contributed by atoms with E-state index >= 15 is 0 Å². The molecule has 3 N–H and O–H groups in total. The van der Waals surface area contributed by atoms with Crippen molar-refractivity contribution in [2.75, 3.05) is 26.3 Å². The average Bonchev–Trinajstić information content (AvgIpc) is 2.46. The van der Waals surface area contributed by atoms with Crippen LogP contribution in [0.3, 0.4) is 0 Å². The summed E-state index contributed by atoms with van der Waals surface area (Å²) in [6, 6.07) is 2.48. The average molecular weight is 280 g/mol. The standard InChI is InChI=1S/C12H16N4O4/c17-11(18)9-1-2-13-10(7-9)8-14-12(19)15-16-3-5-20-6-4-16/h1-2,7H,3-6,8H2,(H,17,18)(H2,14,15,19). The van der Waals surface area contributed by atoms with E-state index < -0.39 is 5.97 Å². The zero-order valence-corrected chi connectivity index (χ0v) is 10.8. The number of amides is 2. The molecular weight excluding hydrogens is 264 g/mol. The maximum absolute atomic E-state index is 11.7. The molecule has 8 nitrogen and oxygen atoms in total. The van der Waals surface area contributed by atoms with Crippen LogP contribution < -0.4 is 10.7 Å². The van der Waals surface area contributed by atoms with E-state index in [0.29, 0.717) is 32.0 Å². The van der Waals surface area contributed by atoms with E-state index in [4.69, 9.17) is 9.84 Å². The minimum absolute atomic E-state index is 0.144. The minimum atomic E-state index is -1.02. The zero-order valence-electron chi connectivity index (χ0n) is 10.8. The Labute approximate surface area is 115 Å². The zero-order chi connectivity index (χ0) is 14.4. The van der Waals surface area contributed by atoms with Gasteiger partial charge in [-0.05, 0) is 12.1 Å². The van der Waals surface area contributed by atoms with Crippen LogP contribution in [-0.4, -0.2) is 53.4 Å². The number of hydrogen-bond acceptors (Lipinski definition) is 5. The largest absolute Gasteiger partial charge is 0.478 e. The summed E-state index contributed by atoms with van der Waals surface area (Å²) in [6.07, 6.45) is 1.40. The van der Waals surface area contributed by atoms with E-state index in [1.165, 1.54) is 18.3 Å². The van der Waals surface area contributed by atoms with Gasteiger partial charge in [0.25, 0.3) is 0 Å². The van der Waals surface area contributed by atoms with Crippen molar-refractivity contribution < 1.29 is 19.4 Å². The van der Waals surface area contributed by atoms with Gasteiger partial charge in [-0.1, -0.05) is 0 Å². The lowest BCUT2D eigenvalue weighted by molar-refractivity contribution is 0.0195. The van der Waals surface area contributed by atoms with Crippen LogP contribution in [0.5, 0.6) is 0 Å². The molecule has 8 heteroatoms. The molecule has 0 bridgehead atoms. The quantitative estimate of drug-likeness (QED) is 0.707. The van der Waals surface area contributed by atoms with Crippen molar-refractivity contribution >= 4 is 12.0 Å². The molecule has 0 aromatic carbocycles. The first-order chi connectivity index (χ1) is 9.65. The highest BCUT2D eigenvalue weighted by Gasteiger charge is 2.12. The van der Waals surface area contributed by atoms with Gasteiger partial charge in [-0.3, -0.25) is 10.4 Å². The van der Waals surface area contributed by atoms with Crippen molar-refractivity contribution in [2.24, 2.45) is 0 Å². The molecule has 0 spiro atoms. The predicted molar refractivity (Wildman–Crippen MR) is 69.0 cm³/mol. The van der Waals surface area contributed by atoms with Gasteiger partial charge in [0.15, 0.2) is 0 Å². The highest BCUT2D eigenvalue weighted by molar-refractivity contribution is 5.87. The number of urea groups is 1. The third-order valence-corrected chi connectivity index (χ3v) is 2.76. The monoisotopic (exact) mass is 280 g/mol. The lowest BCUT2D eigenvalue weighted by atomic mass is 10.2. The van der Waals surface area contributed by atoms with Crippen molar-refractivity contribution in [1.29, 1.82) is 0 Å². The number of aromatic nitrogens is 1. The number of hydrazine groups is 1. The smallest absolute Gasteiger partial charge is 0.335 e. The molecule has 0 saturated carbocycles. The summed E-state index contributed by atoms with van der Waals surface area (Å²) in [4.78, 5) is 26.5. The molecule has 0 radical (unpaired) electrons. The van der Waals surface area contributed by atoms with Gasteiger partial charge in [0.2, 0.25) is 0 Å². The Hall–Kier alpha value is -2.19. The number of nitrogens with one attached hydrogen (secondary N) is 2. The molecule has 20 heavy (non-hydrogen) atoms. The predicted octanol–water partition coefficient (Wildman–Crippen LogP) is -0.174. The molecule has 1 aromatic heterocycles. The van der Waals surface area contributed by atoms with Crippen LogP contribution in [-0.2, 0) is 11.3 Å². The number of pyridine rings is 1. The van der Waals surface area contributed by atoms with Gasteiger partial charge in [0, 0.05) is 19.3 Å². The number of morpholine rings is 1. The van der Waals surface area contributed by atoms with Crippen molar-refractivity contribution in [3.05, 3.63) is 29.6 Å². The molecule has 2 amide bonds. The molecule has 1 aromatic rings. The lowest BCUT2D eigenvalue weighted by Gasteiger charge is -2.26. The van der Waals surface area contributed by atoms with Gasteiger partial charge in [-0.25, -0.2) is 14.6 Å². The molecule has 0 unspecified atom stereocenters. The van der Waals surface area contributed by atoms with E-state index in [0.717, 1.165) is 0 Å². The van der Waals surface area contributed by atoms with Crippen LogP contribution in [0.15, 0.2) is 18.3 Å². The van der Waals surface area contributed by atoms with Crippen LogP contribution >= 0.6 is 0 Å². The summed E-state index contributed by atoms with van der Waals surface area (Å²) in [5.41, 5.74) is 3.32. The number of hydrogen-bond donors (Lipinski definition) is 3. The number of rotatable bonds is 4. The van der Waals surface area contributed by atoms with Crippen molar-refractivity contribution in [2.45, 2.75) is 6.54 Å². The van der Waals surface area contributed by atoms with Crippen LogP contribution in [0.2, 0.25) is 0 Å². The van der Waals surface area contributed by atoms with Gasteiger partial charge < -0.3 is 15.2 Å². The first kappa shape index (κ1) is 14.2. The first-order valence-corrected chi connectivity index (χ1v) is 6.20. The molecule has 2 heterocycles. The summed E-state index contributed by atoms with van der Waals surface area (Å²) >= 11 is 0.